The van der Waals surface area contributed by atoms with Crippen molar-refractivity contribution >= 4 is 21.9 Å². The van der Waals surface area contributed by atoms with Gasteiger partial charge in [0.25, 0.3) is 0 Å². The van der Waals surface area contributed by atoms with Crippen molar-refractivity contribution in [2.24, 2.45) is 0 Å². The Balaban J connectivity index is 2.17. The molecule has 2 rings (SSSR count). The lowest BCUT2D eigenvalue weighted by Gasteiger charge is -2.08. The van der Waals surface area contributed by atoms with Crippen LogP contribution < -0.4 is 4.74 Å². The van der Waals surface area contributed by atoms with Crippen molar-refractivity contribution in [3.63, 3.8) is 0 Å². The van der Waals surface area contributed by atoms with Crippen LogP contribution in [0.3, 0.4) is 0 Å². The molecule has 0 saturated carbocycles. The summed E-state index contributed by atoms with van der Waals surface area (Å²) in [6, 6.07) is 13.1. The molecule has 0 aliphatic carbocycles. The Hall–Kier alpha value is -1.61. The summed E-state index contributed by atoms with van der Waals surface area (Å²) in [4.78, 5) is 12.0. The Morgan fingerprint density at radius 1 is 1.16 bits per heavy atom. The van der Waals surface area contributed by atoms with Crippen LogP contribution >= 0.6 is 15.9 Å². The molecular formula is C16H15BrO2. The van der Waals surface area contributed by atoms with Crippen molar-refractivity contribution in [2.75, 3.05) is 0 Å². The largest absolute Gasteiger partial charge is 0.422 e. The summed E-state index contributed by atoms with van der Waals surface area (Å²) in [5.74, 6) is 0.202. The lowest BCUT2D eigenvalue weighted by atomic mass is 10.1. The number of ether oxygens (including phenoxy) is 1. The Morgan fingerprint density at radius 2 is 1.84 bits per heavy atom. The van der Waals surface area contributed by atoms with Crippen LogP contribution in [0.4, 0.5) is 0 Å². The van der Waals surface area contributed by atoms with Gasteiger partial charge in [0, 0.05) is 0 Å². The fourth-order valence-electron chi connectivity index (χ4n) is 1.70. The number of halogens is 1. The van der Waals surface area contributed by atoms with E-state index in [1.807, 2.05) is 37.3 Å². The number of benzene rings is 2. The van der Waals surface area contributed by atoms with Crippen LogP contribution in [0.5, 0.6) is 5.75 Å². The van der Waals surface area contributed by atoms with E-state index in [9.17, 15) is 4.79 Å². The molecule has 2 nitrogen and oxygen atoms in total. The molecule has 0 aliphatic heterocycles. The van der Waals surface area contributed by atoms with Crippen molar-refractivity contribution in [3.8, 4) is 5.75 Å². The first-order valence-corrected chi connectivity index (χ1v) is 6.96. The number of carbonyl (C=O) groups excluding carboxylic acids is 1. The summed E-state index contributed by atoms with van der Waals surface area (Å²) in [6.45, 7) is 4.06. The number of hydrogen-bond acceptors (Lipinski definition) is 2. The van der Waals surface area contributed by atoms with E-state index >= 15 is 0 Å². The highest BCUT2D eigenvalue weighted by atomic mass is 79.9. The maximum atomic E-state index is 12.0. The van der Waals surface area contributed by atoms with Gasteiger partial charge in [-0.2, -0.15) is 0 Å². The Morgan fingerprint density at radius 3 is 2.42 bits per heavy atom. The van der Waals surface area contributed by atoms with Gasteiger partial charge in [0.05, 0.1) is 10.0 Å². The van der Waals surface area contributed by atoms with Crippen LogP contribution in [0.15, 0.2) is 46.9 Å². The first-order chi connectivity index (χ1) is 9.10. The van der Waals surface area contributed by atoms with Gasteiger partial charge in [-0.15, -0.1) is 0 Å². The van der Waals surface area contributed by atoms with Crippen molar-refractivity contribution < 1.29 is 9.53 Å². The Kier molecular flexibility index (Phi) is 4.38. The predicted molar refractivity (Wildman–Crippen MR) is 79.7 cm³/mol. The molecule has 2 aromatic carbocycles. The molecule has 0 N–H and O–H groups in total. The van der Waals surface area contributed by atoms with Crippen molar-refractivity contribution in [3.05, 3.63) is 63.6 Å². The molecule has 0 unspecified atom stereocenters. The molecule has 0 spiro atoms. The molecule has 3 heteroatoms. The number of esters is 1. The van der Waals surface area contributed by atoms with Crippen LogP contribution in [-0.2, 0) is 6.42 Å². The minimum Gasteiger partial charge on any atom is -0.422 e. The van der Waals surface area contributed by atoms with E-state index in [0.29, 0.717) is 11.3 Å². The van der Waals surface area contributed by atoms with E-state index < -0.39 is 0 Å². The number of hydrogen-bond donors (Lipinski definition) is 0. The normalized spacial score (nSPS) is 10.3. The van der Waals surface area contributed by atoms with Gasteiger partial charge >= 0.3 is 5.97 Å². The number of rotatable bonds is 3. The average Bonchev–Trinajstić information content (AvgIpc) is 2.41. The standard InChI is InChI=1S/C16H15BrO2/c1-3-12-6-9-15(14(17)10-12)19-16(18)13-7-4-11(2)5-8-13/h4-10H,3H2,1-2H3. The first kappa shape index (κ1) is 13.8. The lowest BCUT2D eigenvalue weighted by molar-refractivity contribution is 0.0733. The zero-order chi connectivity index (χ0) is 13.8. The molecule has 0 heterocycles. The maximum Gasteiger partial charge on any atom is 0.343 e. The Bertz CT molecular complexity index is 588. The topological polar surface area (TPSA) is 26.3 Å². The van der Waals surface area contributed by atoms with E-state index in [0.717, 1.165) is 16.5 Å². The van der Waals surface area contributed by atoms with Crippen molar-refractivity contribution in [2.45, 2.75) is 20.3 Å². The van der Waals surface area contributed by atoms with Crippen molar-refractivity contribution in [1.82, 2.24) is 0 Å². The minimum atomic E-state index is -0.343. The smallest absolute Gasteiger partial charge is 0.343 e. The number of aryl methyl sites for hydroxylation is 2. The first-order valence-electron chi connectivity index (χ1n) is 6.17. The molecule has 0 atom stereocenters. The second kappa shape index (κ2) is 6.02. The summed E-state index contributed by atoms with van der Waals surface area (Å²) in [7, 11) is 0. The van der Waals surface area contributed by atoms with Gasteiger partial charge in [0.2, 0.25) is 0 Å². The molecule has 0 aliphatic rings. The van der Waals surface area contributed by atoms with Gasteiger partial charge in [-0.1, -0.05) is 30.7 Å². The maximum absolute atomic E-state index is 12.0. The summed E-state index contributed by atoms with van der Waals surface area (Å²) in [5, 5.41) is 0. The van der Waals surface area contributed by atoms with Crippen LogP contribution in [-0.4, -0.2) is 5.97 Å². The highest BCUT2D eigenvalue weighted by Gasteiger charge is 2.10. The molecule has 0 amide bonds. The summed E-state index contributed by atoms with van der Waals surface area (Å²) in [5.41, 5.74) is 2.86. The van der Waals surface area contributed by atoms with Crippen LogP contribution in [0.25, 0.3) is 0 Å². The third-order valence-electron chi connectivity index (χ3n) is 2.89. The van der Waals surface area contributed by atoms with Crippen LogP contribution in [0.1, 0.15) is 28.4 Å². The summed E-state index contributed by atoms with van der Waals surface area (Å²) in [6.07, 6.45) is 0.949. The minimum absolute atomic E-state index is 0.343. The van der Waals surface area contributed by atoms with Crippen LogP contribution in [0, 0.1) is 6.92 Å². The molecule has 19 heavy (non-hydrogen) atoms. The molecule has 2 aromatic rings. The lowest BCUT2D eigenvalue weighted by Crippen LogP contribution is -2.08. The van der Waals surface area contributed by atoms with Gasteiger partial charge < -0.3 is 4.74 Å². The molecular weight excluding hydrogens is 304 g/mol. The Labute approximate surface area is 121 Å². The summed E-state index contributed by atoms with van der Waals surface area (Å²) >= 11 is 3.42. The van der Waals surface area contributed by atoms with E-state index in [4.69, 9.17) is 4.74 Å². The molecule has 0 bridgehead atoms. The number of carbonyl (C=O) groups is 1. The second-order valence-corrected chi connectivity index (χ2v) is 5.23. The highest BCUT2D eigenvalue weighted by molar-refractivity contribution is 9.10. The SMILES string of the molecule is CCc1ccc(OC(=O)c2ccc(C)cc2)c(Br)c1. The van der Waals surface area contributed by atoms with E-state index in [2.05, 4.69) is 22.9 Å². The fraction of sp³-hybridized carbons (Fsp3) is 0.188. The highest BCUT2D eigenvalue weighted by Crippen LogP contribution is 2.27. The van der Waals surface area contributed by atoms with Gasteiger partial charge in [0.15, 0.2) is 0 Å². The van der Waals surface area contributed by atoms with Crippen LogP contribution in [0.2, 0.25) is 0 Å². The van der Waals surface area contributed by atoms with Crippen molar-refractivity contribution in [1.29, 1.82) is 0 Å². The quantitative estimate of drug-likeness (QED) is 0.613. The fourth-order valence-corrected chi connectivity index (χ4v) is 2.20. The van der Waals surface area contributed by atoms with Gasteiger partial charge in [-0.05, 0) is 59.1 Å². The molecule has 98 valence electrons. The third kappa shape index (κ3) is 3.44. The zero-order valence-electron chi connectivity index (χ0n) is 10.9. The molecule has 0 fully saturated rings. The molecule has 0 radical (unpaired) electrons. The van der Waals surface area contributed by atoms with Gasteiger partial charge in [-0.3, -0.25) is 0 Å². The van der Waals surface area contributed by atoms with Gasteiger partial charge in [-0.25, -0.2) is 4.79 Å². The molecule has 0 saturated heterocycles. The summed E-state index contributed by atoms with van der Waals surface area (Å²) < 4.78 is 6.18. The van der Waals surface area contributed by atoms with E-state index in [1.165, 1.54) is 5.56 Å². The van der Waals surface area contributed by atoms with E-state index in [1.54, 1.807) is 12.1 Å². The zero-order valence-corrected chi connectivity index (χ0v) is 12.5. The predicted octanol–water partition coefficient (Wildman–Crippen LogP) is 4.54. The third-order valence-corrected chi connectivity index (χ3v) is 3.51. The second-order valence-electron chi connectivity index (χ2n) is 4.37. The van der Waals surface area contributed by atoms with E-state index in [-0.39, 0.29) is 5.97 Å². The molecule has 0 aromatic heterocycles. The monoisotopic (exact) mass is 318 g/mol. The van der Waals surface area contributed by atoms with Gasteiger partial charge in [0.1, 0.15) is 5.75 Å². The average molecular weight is 319 g/mol.